The Kier molecular flexibility index (Phi) is 9.27. The molecule has 0 aromatic heterocycles. The van der Waals surface area contributed by atoms with Crippen molar-refractivity contribution in [2.24, 2.45) is 22.7 Å². The summed E-state index contributed by atoms with van der Waals surface area (Å²) in [6.45, 7) is 7.73. The molecule has 1 aliphatic heterocycles. The molecule has 10 N–H and O–H groups in total. The lowest BCUT2D eigenvalue weighted by Crippen LogP contribution is -2.70. The van der Waals surface area contributed by atoms with E-state index in [1.54, 1.807) is 27.7 Å². The summed E-state index contributed by atoms with van der Waals surface area (Å²) in [7, 11) is 0. The third-order valence-electron chi connectivity index (χ3n) is 12.8. The largest absolute Gasteiger partial charge is 0.394 e. The molecule has 264 valence electrons. The van der Waals surface area contributed by atoms with Crippen molar-refractivity contribution in [1.29, 1.82) is 0 Å². The van der Waals surface area contributed by atoms with Crippen LogP contribution in [0.4, 0.5) is 0 Å². The van der Waals surface area contributed by atoms with E-state index in [1.807, 2.05) is 6.92 Å². The average Bonchev–Trinajstić information content (AvgIpc) is 3.25. The van der Waals surface area contributed by atoms with Gasteiger partial charge in [-0.25, -0.2) is 0 Å². The molecule has 3 saturated carbocycles. The molecule has 13 heteroatoms. The molecule has 5 rings (SSSR count). The lowest BCUT2D eigenvalue weighted by atomic mass is 9.44. The van der Waals surface area contributed by atoms with Crippen molar-refractivity contribution in [3.63, 3.8) is 0 Å². The predicted octanol–water partition coefficient (Wildman–Crippen LogP) is -1.21. The van der Waals surface area contributed by atoms with Gasteiger partial charge in [-0.2, -0.15) is 0 Å². The summed E-state index contributed by atoms with van der Waals surface area (Å²) in [5.74, 6) is -1.73. The Morgan fingerprint density at radius 2 is 1.61 bits per heavy atom. The minimum atomic E-state index is -2.03. The van der Waals surface area contributed by atoms with Gasteiger partial charge in [0.25, 0.3) is 0 Å². The average molecular weight is 659 g/mol. The quantitative estimate of drug-likeness (QED) is 0.148. The van der Waals surface area contributed by atoms with Crippen molar-refractivity contribution >= 4 is 5.78 Å². The van der Waals surface area contributed by atoms with Gasteiger partial charge in [-0.15, -0.1) is 0 Å². The molecule has 46 heavy (non-hydrogen) atoms. The SMILES string of the molecule is CC(C)(O)CC[C@@H](O)[C@](C)(O)[C@H]1CC[C@@]2(O)C3=CC(=O)[C@]4(O)C[C@@H](O[C@@H]5O[C@H](CO)[C@@H](O)[C@H](O)[C@H]5O)[C@@H](O)C[C@]4(C)[C@H]3CC[C@]12C. The van der Waals surface area contributed by atoms with E-state index in [-0.39, 0.29) is 32.1 Å². The molecule has 1 heterocycles. The molecule has 0 aromatic carbocycles. The topological polar surface area (TPSA) is 238 Å². The molecule has 15 atom stereocenters. The first-order valence-electron chi connectivity index (χ1n) is 16.6. The van der Waals surface area contributed by atoms with Crippen LogP contribution < -0.4 is 0 Å². The first-order chi connectivity index (χ1) is 21.1. The standard InChI is InChI=1S/C33H54O13/c1-28(2,41)9-8-22(36)31(5,42)21-7-11-32(43)17-12-23(37)33(44)14-19(45-27-26(40)25(39)24(38)20(15-34)46-27)18(35)13-30(33,4)16(17)6-10-29(21,32)3/h12,16,18-22,24-27,34-36,38-44H,6-11,13-15H2,1-5H3/t16-,18-,19+,20+,21-,22+,24+,25-,26+,27+,29+,30+,31+,32+,33+/m0/s1. The summed E-state index contributed by atoms with van der Waals surface area (Å²) in [5.41, 5.74) is -7.90. The van der Waals surface area contributed by atoms with Crippen LogP contribution in [0.2, 0.25) is 0 Å². The summed E-state index contributed by atoms with van der Waals surface area (Å²) in [4.78, 5) is 13.9. The number of fused-ring (bicyclic) bond motifs is 5. The van der Waals surface area contributed by atoms with Gasteiger partial charge in [-0.1, -0.05) is 13.8 Å². The number of aliphatic hydroxyl groups is 10. The van der Waals surface area contributed by atoms with Crippen molar-refractivity contribution in [2.45, 2.75) is 157 Å². The van der Waals surface area contributed by atoms with E-state index in [9.17, 15) is 55.9 Å². The number of carbonyl (C=O) groups is 1. The van der Waals surface area contributed by atoms with Gasteiger partial charge in [0.1, 0.15) is 30.0 Å². The number of ketones is 1. The minimum absolute atomic E-state index is 0.108. The Balaban J connectivity index is 1.41. The van der Waals surface area contributed by atoms with Crippen LogP contribution in [0.3, 0.4) is 0 Å². The molecule has 0 spiro atoms. The van der Waals surface area contributed by atoms with Gasteiger partial charge in [0.05, 0.1) is 41.7 Å². The molecular formula is C33H54O13. The fraction of sp³-hybridized carbons (Fsp3) is 0.909. The Morgan fingerprint density at radius 3 is 2.22 bits per heavy atom. The highest BCUT2D eigenvalue weighted by atomic mass is 16.7. The molecule has 1 saturated heterocycles. The molecule has 0 amide bonds. The first-order valence-corrected chi connectivity index (χ1v) is 16.6. The van der Waals surface area contributed by atoms with Gasteiger partial charge >= 0.3 is 0 Å². The molecule has 4 fully saturated rings. The summed E-state index contributed by atoms with van der Waals surface area (Å²) < 4.78 is 11.3. The van der Waals surface area contributed by atoms with E-state index in [0.717, 1.165) is 0 Å². The molecule has 5 aliphatic rings. The van der Waals surface area contributed by atoms with Crippen LogP contribution in [0.1, 0.15) is 86.0 Å². The number of aliphatic hydroxyl groups excluding tert-OH is 6. The second kappa shape index (κ2) is 11.8. The third kappa shape index (κ3) is 5.34. The van der Waals surface area contributed by atoms with Gasteiger partial charge in [0.2, 0.25) is 0 Å². The highest BCUT2D eigenvalue weighted by Crippen LogP contribution is 2.69. The van der Waals surface area contributed by atoms with E-state index >= 15 is 0 Å². The Bertz CT molecular complexity index is 1200. The zero-order valence-corrected chi connectivity index (χ0v) is 27.4. The summed E-state index contributed by atoms with van der Waals surface area (Å²) in [5, 5.41) is 109. The van der Waals surface area contributed by atoms with Crippen molar-refractivity contribution in [3.8, 4) is 0 Å². The Hall–Kier alpha value is -1.07. The van der Waals surface area contributed by atoms with Crippen LogP contribution in [0, 0.1) is 22.7 Å². The van der Waals surface area contributed by atoms with Crippen molar-refractivity contribution in [2.75, 3.05) is 6.61 Å². The van der Waals surface area contributed by atoms with E-state index in [1.165, 1.54) is 6.08 Å². The van der Waals surface area contributed by atoms with Crippen LogP contribution in [0.15, 0.2) is 11.6 Å². The number of rotatable bonds is 8. The van der Waals surface area contributed by atoms with Crippen LogP contribution >= 0.6 is 0 Å². The Morgan fingerprint density at radius 1 is 0.957 bits per heavy atom. The molecule has 0 radical (unpaired) electrons. The van der Waals surface area contributed by atoms with Gasteiger partial charge in [-0.3, -0.25) is 4.79 Å². The lowest BCUT2D eigenvalue weighted by molar-refractivity contribution is -0.327. The second-order valence-corrected chi connectivity index (χ2v) is 16.1. The fourth-order valence-corrected chi connectivity index (χ4v) is 9.78. The van der Waals surface area contributed by atoms with Gasteiger partial charge in [-0.05, 0) is 89.2 Å². The van der Waals surface area contributed by atoms with Gasteiger partial charge < -0.3 is 60.5 Å². The summed E-state index contributed by atoms with van der Waals surface area (Å²) in [6.07, 6.45) is -8.82. The van der Waals surface area contributed by atoms with Crippen LogP contribution in [-0.2, 0) is 14.3 Å². The van der Waals surface area contributed by atoms with Crippen LogP contribution in [-0.4, -0.2) is 135 Å². The molecular weight excluding hydrogens is 604 g/mol. The Labute approximate surface area is 269 Å². The summed E-state index contributed by atoms with van der Waals surface area (Å²) in [6, 6.07) is 0. The maximum atomic E-state index is 13.9. The zero-order valence-electron chi connectivity index (χ0n) is 27.4. The van der Waals surface area contributed by atoms with Gasteiger partial charge in [0.15, 0.2) is 12.1 Å². The number of carbonyl (C=O) groups excluding carboxylic acids is 1. The van der Waals surface area contributed by atoms with Crippen molar-refractivity contribution < 1.29 is 65.3 Å². The molecule has 4 aliphatic carbocycles. The minimum Gasteiger partial charge on any atom is -0.394 e. The van der Waals surface area contributed by atoms with E-state index in [4.69, 9.17) is 9.47 Å². The summed E-state index contributed by atoms with van der Waals surface area (Å²) >= 11 is 0. The van der Waals surface area contributed by atoms with Crippen molar-refractivity contribution in [3.05, 3.63) is 11.6 Å². The van der Waals surface area contributed by atoms with E-state index in [0.29, 0.717) is 24.8 Å². The lowest BCUT2D eigenvalue weighted by Gasteiger charge is -2.63. The van der Waals surface area contributed by atoms with E-state index in [2.05, 4.69) is 0 Å². The number of hydrogen-bond acceptors (Lipinski definition) is 13. The monoisotopic (exact) mass is 658 g/mol. The fourth-order valence-electron chi connectivity index (χ4n) is 9.78. The molecule has 0 unspecified atom stereocenters. The molecule has 13 nitrogen and oxygen atoms in total. The molecule has 0 bridgehead atoms. The van der Waals surface area contributed by atoms with E-state index < -0.39 is 106 Å². The van der Waals surface area contributed by atoms with Crippen molar-refractivity contribution in [1.82, 2.24) is 0 Å². The second-order valence-electron chi connectivity index (χ2n) is 16.1. The van der Waals surface area contributed by atoms with Crippen LogP contribution in [0.5, 0.6) is 0 Å². The smallest absolute Gasteiger partial charge is 0.187 e. The zero-order chi connectivity index (χ0) is 34.4. The first kappa shape index (κ1) is 36.2. The van der Waals surface area contributed by atoms with Crippen LogP contribution in [0.25, 0.3) is 0 Å². The maximum absolute atomic E-state index is 13.9. The number of ether oxygens (including phenoxy) is 2. The normalized spacial score (nSPS) is 49.8. The highest BCUT2D eigenvalue weighted by Gasteiger charge is 2.72. The highest BCUT2D eigenvalue weighted by molar-refractivity contribution is 6.00. The third-order valence-corrected chi connectivity index (χ3v) is 12.8. The van der Waals surface area contributed by atoms with Gasteiger partial charge in [0, 0.05) is 17.3 Å². The predicted molar refractivity (Wildman–Crippen MR) is 161 cm³/mol. The maximum Gasteiger partial charge on any atom is 0.187 e. The molecule has 0 aromatic rings. The number of hydrogen-bond donors (Lipinski definition) is 10.